The highest BCUT2D eigenvalue weighted by Crippen LogP contribution is 2.31. The molecule has 0 spiro atoms. The van der Waals surface area contributed by atoms with Crippen molar-refractivity contribution in [3.63, 3.8) is 0 Å². The van der Waals surface area contributed by atoms with Gasteiger partial charge in [0.15, 0.2) is 28.8 Å². The molecule has 1 aliphatic heterocycles. The van der Waals surface area contributed by atoms with Crippen molar-refractivity contribution in [1.29, 1.82) is 0 Å². The van der Waals surface area contributed by atoms with E-state index in [0.717, 1.165) is 25.0 Å². The summed E-state index contributed by atoms with van der Waals surface area (Å²) in [6.07, 6.45) is 3.35. The third-order valence-corrected chi connectivity index (χ3v) is 4.23. The molecule has 3 heterocycles. The Morgan fingerprint density at radius 3 is 2.70 bits per heavy atom. The molecule has 3 aromatic rings. The van der Waals surface area contributed by atoms with Crippen LogP contribution >= 0.6 is 0 Å². The second kappa shape index (κ2) is 7.28. The maximum atomic E-state index is 13.8. The third kappa shape index (κ3) is 3.87. The van der Waals surface area contributed by atoms with E-state index in [2.05, 4.69) is 20.3 Å². The van der Waals surface area contributed by atoms with Crippen molar-refractivity contribution >= 4 is 22.8 Å². The number of hydrogen-bond acceptors (Lipinski definition) is 7. The number of fused-ring (bicyclic) bond motifs is 1. The number of anilines is 2. The maximum absolute atomic E-state index is 13.8. The summed E-state index contributed by atoms with van der Waals surface area (Å²) >= 11 is 0. The van der Waals surface area contributed by atoms with Crippen LogP contribution in [0.5, 0.6) is 11.5 Å². The molecule has 0 unspecified atom stereocenters. The number of benzene rings is 1. The van der Waals surface area contributed by atoms with Gasteiger partial charge in [-0.25, -0.2) is 18.7 Å². The molecular formula is C18H17F2N5O2. The molecule has 7 nitrogen and oxygen atoms in total. The lowest BCUT2D eigenvalue weighted by Crippen LogP contribution is -2.28. The summed E-state index contributed by atoms with van der Waals surface area (Å²) in [5.74, 6) is -1.03. The average molecular weight is 373 g/mol. The zero-order valence-electron chi connectivity index (χ0n) is 14.3. The summed E-state index contributed by atoms with van der Waals surface area (Å²) in [6, 6.07) is 4.83. The highest BCUT2D eigenvalue weighted by Gasteiger charge is 2.16. The molecule has 4 rings (SSSR count). The predicted molar refractivity (Wildman–Crippen MR) is 95.6 cm³/mol. The zero-order valence-corrected chi connectivity index (χ0v) is 14.3. The van der Waals surface area contributed by atoms with Gasteiger partial charge < -0.3 is 20.5 Å². The minimum absolute atomic E-state index is 0.0435. The molecule has 2 aromatic heterocycles. The van der Waals surface area contributed by atoms with E-state index < -0.39 is 11.6 Å². The molecule has 140 valence electrons. The molecule has 9 heteroatoms. The molecule has 0 saturated carbocycles. The summed E-state index contributed by atoms with van der Waals surface area (Å²) in [4.78, 5) is 12.9. The monoisotopic (exact) mass is 373 g/mol. The van der Waals surface area contributed by atoms with Crippen molar-refractivity contribution in [2.75, 3.05) is 24.3 Å². The Hall–Kier alpha value is -3.07. The van der Waals surface area contributed by atoms with Gasteiger partial charge in [-0.1, -0.05) is 0 Å². The van der Waals surface area contributed by atoms with E-state index in [0.29, 0.717) is 30.2 Å². The first-order valence-electron chi connectivity index (χ1n) is 8.49. The minimum Gasteiger partial charge on any atom is -0.450 e. The average Bonchev–Trinajstić information content (AvgIpc) is 2.65. The Bertz CT molecular complexity index is 979. The van der Waals surface area contributed by atoms with Crippen molar-refractivity contribution < 1.29 is 18.3 Å². The topological polar surface area (TPSA) is 95.2 Å². The SMILES string of the molecule is Nc1nc2nc(NC3CCOCC3)ncc2cc1Oc1ccc(F)cc1F. The van der Waals surface area contributed by atoms with Crippen LogP contribution in [0, 0.1) is 11.6 Å². The van der Waals surface area contributed by atoms with Crippen LogP contribution < -0.4 is 15.8 Å². The van der Waals surface area contributed by atoms with Gasteiger partial charge >= 0.3 is 0 Å². The number of nitrogens with two attached hydrogens (primary N) is 1. The van der Waals surface area contributed by atoms with Gasteiger partial charge in [-0.15, -0.1) is 0 Å². The summed E-state index contributed by atoms with van der Waals surface area (Å²) < 4.78 is 37.6. The van der Waals surface area contributed by atoms with Crippen LogP contribution in [-0.2, 0) is 4.74 Å². The third-order valence-electron chi connectivity index (χ3n) is 4.23. The van der Waals surface area contributed by atoms with Crippen molar-refractivity contribution in [1.82, 2.24) is 15.0 Å². The van der Waals surface area contributed by atoms with Crippen LogP contribution in [0.15, 0.2) is 30.5 Å². The van der Waals surface area contributed by atoms with Gasteiger partial charge in [0.05, 0.1) is 0 Å². The number of aromatic nitrogens is 3. The van der Waals surface area contributed by atoms with Gasteiger partial charge in [-0.05, 0) is 31.0 Å². The summed E-state index contributed by atoms with van der Waals surface area (Å²) in [5.41, 5.74) is 6.31. The van der Waals surface area contributed by atoms with E-state index in [9.17, 15) is 8.78 Å². The standard InChI is InChI=1S/C18H17F2N5O2/c19-11-1-2-14(13(20)8-11)27-15-7-10-9-22-18(25-17(10)24-16(15)21)23-12-3-5-26-6-4-12/h1-2,7-9,12H,3-6H2,(H3,21,22,23,24,25). The molecule has 0 bridgehead atoms. The quantitative estimate of drug-likeness (QED) is 0.725. The molecule has 0 atom stereocenters. The smallest absolute Gasteiger partial charge is 0.224 e. The predicted octanol–water partition coefficient (Wildman–Crippen LogP) is 3.27. The van der Waals surface area contributed by atoms with E-state index >= 15 is 0 Å². The van der Waals surface area contributed by atoms with E-state index in [1.54, 1.807) is 12.3 Å². The van der Waals surface area contributed by atoms with Gasteiger partial charge in [0.1, 0.15) is 5.82 Å². The van der Waals surface area contributed by atoms with Gasteiger partial charge in [-0.2, -0.15) is 4.98 Å². The van der Waals surface area contributed by atoms with Crippen molar-refractivity contribution in [3.8, 4) is 11.5 Å². The maximum Gasteiger partial charge on any atom is 0.224 e. The molecule has 1 aliphatic rings. The van der Waals surface area contributed by atoms with Gasteiger partial charge in [0.2, 0.25) is 5.95 Å². The number of pyridine rings is 1. The number of ether oxygens (including phenoxy) is 2. The molecule has 0 aliphatic carbocycles. The van der Waals surface area contributed by atoms with E-state index in [-0.39, 0.29) is 23.4 Å². The fourth-order valence-corrected chi connectivity index (χ4v) is 2.81. The molecule has 1 saturated heterocycles. The fourth-order valence-electron chi connectivity index (χ4n) is 2.81. The normalized spacial score (nSPS) is 15.0. The second-order valence-electron chi connectivity index (χ2n) is 6.19. The first kappa shape index (κ1) is 17.3. The van der Waals surface area contributed by atoms with Gasteiger partial charge in [0.25, 0.3) is 0 Å². The van der Waals surface area contributed by atoms with Crippen LogP contribution in [0.3, 0.4) is 0 Å². The van der Waals surface area contributed by atoms with Crippen LogP contribution in [0.1, 0.15) is 12.8 Å². The number of nitrogens with one attached hydrogen (secondary N) is 1. The lowest BCUT2D eigenvalue weighted by atomic mass is 10.1. The highest BCUT2D eigenvalue weighted by atomic mass is 19.1. The molecule has 0 radical (unpaired) electrons. The molecule has 27 heavy (non-hydrogen) atoms. The number of nitrogen functional groups attached to an aromatic ring is 1. The first-order chi connectivity index (χ1) is 13.1. The van der Waals surface area contributed by atoms with Crippen molar-refractivity contribution in [3.05, 3.63) is 42.1 Å². The Labute approximate surface area is 153 Å². The zero-order chi connectivity index (χ0) is 18.8. The molecule has 0 amide bonds. The second-order valence-corrected chi connectivity index (χ2v) is 6.19. The van der Waals surface area contributed by atoms with Gasteiger partial charge in [-0.3, -0.25) is 0 Å². The van der Waals surface area contributed by atoms with Crippen molar-refractivity contribution in [2.45, 2.75) is 18.9 Å². The lowest BCUT2D eigenvalue weighted by Gasteiger charge is -2.23. The van der Waals surface area contributed by atoms with Crippen LogP contribution in [0.4, 0.5) is 20.5 Å². The van der Waals surface area contributed by atoms with Crippen LogP contribution in [-0.4, -0.2) is 34.2 Å². The van der Waals surface area contributed by atoms with E-state index in [1.165, 1.54) is 6.07 Å². The molecule has 1 fully saturated rings. The Balaban J connectivity index is 1.58. The lowest BCUT2D eigenvalue weighted by molar-refractivity contribution is 0.0903. The number of halogens is 2. The van der Waals surface area contributed by atoms with Crippen LogP contribution in [0.25, 0.3) is 11.0 Å². The molecule has 3 N–H and O–H groups in total. The van der Waals surface area contributed by atoms with E-state index in [1.807, 2.05) is 0 Å². The molecular weight excluding hydrogens is 356 g/mol. The number of hydrogen-bond donors (Lipinski definition) is 2. The highest BCUT2D eigenvalue weighted by molar-refractivity contribution is 5.79. The van der Waals surface area contributed by atoms with Crippen LogP contribution in [0.2, 0.25) is 0 Å². The number of nitrogens with zero attached hydrogens (tertiary/aromatic N) is 3. The Morgan fingerprint density at radius 2 is 1.93 bits per heavy atom. The first-order valence-corrected chi connectivity index (χ1v) is 8.49. The Morgan fingerprint density at radius 1 is 1.11 bits per heavy atom. The van der Waals surface area contributed by atoms with Crippen molar-refractivity contribution in [2.24, 2.45) is 0 Å². The fraction of sp³-hybridized carbons (Fsp3) is 0.278. The summed E-state index contributed by atoms with van der Waals surface area (Å²) in [7, 11) is 0. The Kier molecular flexibility index (Phi) is 4.68. The van der Waals surface area contributed by atoms with Gasteiger partial charge in [0, 0.05) is 36.9 Å². The summed E-state index contributed by atoms with van der Waals surface area (Å²) in [6.45, 7) is 1.41. The minimum atomic E-state index is -0.832. The van der Waals surface area contributed by atoms with E-state index in [4.69, 9.17) is 15.2 Å². The molecule has 1 aromatic carbocycles. The largest absolute Gasteiger partial charge is 0.450 e. The summed E-state index contributed by atoms with van der Waals surface area (Å²) in [5, 5.41) is 3.84. The number of rotatable bonds is 4.